The topological polar surface area (TPSA) is 194 Å². The fourth-order valence-electron chi connectivity index (χ4n) is 1.44. The highest BCUT2D eigenvalue weighted by Crippen LogP contribution is 2.51. The lowest BCUT2D eigenvalue weighted by Gasteiger charge is -2.26. The van der Waals surface area contributed by atoms with Crippen molar-refractivity contribution in [2.24, 2.45) is 0 Å². The zero-order chi connectivity index (χ0) is 16.5. The first-order chi connectivity index (χ1) is 9.50. The Bertz CT molecular complexity index is 505. The number of rotatable bonds is 5. The summed E-state index contributed by atoms with van der Waals surface area (Å²) in [5.74, 6) is -7.33. The Balaban J connectivity index is 3.07. The number of hydrogen-bond acceptors (Lipinski definition) is 10. The highest BCUT2D eigenvalue weighted by Gasteiger charge is 2.34. The number of benzene rings is 1. The van der Waals surface area contributed by atoms with Crippen molar-refractivity contribution in [1.29, 1.82) is 0 Å². The molecule has 0 saturated heterocycles. The molecule has 0 aliphatic heterocycles. The summed E-state index contributed by atoms with van der Waals surface area (Å²) in [6.45, 7) is -0.799. The van der Waals surface area contributed by atoms with Gasteiger partial charge in [0.2, 0.25) is 12.0 Å². The average Bonchev–Trinajstić information content (AvgIpc) is 2.41. The van der Waals surface area contributed by atoms with Gasteiger partial charge in [-0.2, -0.15) is 0 Å². The van der Waals surface area contributed by atoms with Crippen LogP contribution in [0.25, 0.3) is 0 Å². The lowest BCUT2D eigenvalue weighted by molar-refractivity contribution is -0.306. The van der Waals surface area contributed by atoms with Crippen molar-refractivity contribution in [2.45, 2.75) is 18.3 Å². The number of phenols is 4. The number of aliphatic hydroxyl groups is 5. The maximum atomic E-state index is 9.75. The van der Waals surface area contributed by atoms with Crippen LogP contribution in [0.3, 0.4) is 0 Å². The van der Waals surface area contributed by atoms with E-state index in [1.807, 2.05) is 0 Å². The van der Waals surface area contributed by atoms with Crippen LogP contribution < -0.4 is 5.32 Å². The maximum absolute atomic E-state index is 9.75. The third kappa shape index (κ3) is 3.39. The number of hydrogen-bond donors (Lipinski definition) is 10. The third-order valence-electron chi connectivity index (χ3n) is 2.62. The maximum Gasteiger partial charge on any atom is 0.276 e. The van der Waals surface area contributed by atoms with E-state index in [1.165, 1.54) is 0 Å². The largest absolute Gasteiger partial charge is 0.506 e. The second-order valence-corrected chi connectivity index (χ2v) is 4.50. The summed E-state index contributed by atoms with van der Waals surface area (Å²) < 4.78 is 0. The van der Waals surface area contributed by atoms with E-state index in [1.54, 1.807) is 5.32 Å². The van der Waals surface area contributed by atoms with Gasteiger partial charge in [-0.05, 0) is 0 Å². The molecule has 1 atom stereocenters. The molecule has 11 heteroatoms. The van der Waals surface area contributed by atoms with Crippen LogP contribution in [0.2, 0.25) is 5.02 Å². The van der Waals surface area contributed by atoms with E-state index < -0.39 is 58.4 Å². The van der Waals surface area contributed by atoms with E-state index in [-0.39, 0.29) is 0 Å². The number of aromatic hydroxyl groups is 4. The van der Waals surface area contributed by atoms with Crippen LogP contribution >= 0.6 is 11.6 Å². The normalized spacial score (nSPS) is 13.7. The SMILES string of the molecule is Oc1c(O)c(Cl)c(O)c(C(O)CNC(O)(O)C(O)O)c1O. The quantitative estimate of drug-likeness (QED) is 0.160. The van der Waals surface area contributed by atoms with Gasteiger partial charge in [0, 0.05) is 6.54 Å². The summed E-state index contributed by atoms with van der Waals surface area (Å²) in [5.41, 5.74) is -0.717. The molecule has 0 aliphatic rings. The Hall–Kier alpha value is -1.53. The van der Waals surface area contributed by atoms with Crippen LogP contribution in [-0.4, -0.2) is 64.7 Å². The van der Waals surface area contributed by atoms with Crippen molar-refractivity contribution < 1.29 is 46.0 Å². The summed E-state index contributed by atoms with van der Waals surface area (Å²) in [6.07, 6.45) is -4.46. The lowest BCUT2D eigenvalue weighted by atomic mass is 10.0. The zero-order valence-corrected chi connectivity index (χ0v) is 11.0. The summed E-state index contributed by atoms with van der Waals surface area (Å²) in [5, 5.41) is 83.9. The van der Waals surface area contributed by atoms with Crippen molar-refractivity contribution in [3.63, 3.8) is 0 Å². The molecular weight excluding hydrogens is 314 g/mol. The molecule has 1 aromatic rings. The van der Waals surface area contributed by atoms with Crippen molar-refractivity contribution in [3.05, 3.63) is 10.6 Å². The molecule has 0 radical (unpaired) electrons. The van der Waals surface area contributed by atoms with Gasteiger partial charge in [-0.3, -0.25) is 5.32 Å². The number of nitrogens with one attached hydrogen (secondary N) is 1. The van der Waals surface area contributed by atoms with Crippen LogP contribution in [-0.2, 0) is 0 Å². The first-order valence-electron chi connectivity index (χ1n) is 5.39. The molecule has 0 saturated carbocycles. The lowest BCUT2D eigenvalue weighted by Crippen LogP contribution is -2.55. The molecule has 0 aliphatic carbocycles. The van der Waals surface area contributed by atoms with Crippen LogP contribution in [0, 0.1) is 0 Å². The minimum Gasteiger partial charge on any atom is -0.506 e. The average molecular weight is 328 g/mol. The zero-order valence-electron chi connectivity index (χ0n) is 10.3. The summed E-state index contributed by atoms with van der Waals surface area (Å²) >= 11 is 5.46. The predicted octanol–water partition coefficient (Wildman–Crippen LogP) is -2.27. The fourth-order valence-corrected chi connectivity index (χ4v) is 1.63. The molecule has 1 aromatic carbocycles. The van der Waals surface area contributed by atoms with Gasteiger partial charge >= 0.3 is 0 Å². The van der Waals surface area contributed by atoms with Crippen molar-refractivity contribution in [1.82, 2.24) is 5.32 Å². The highest BCUT2D eigenvalue weighted by atomic mass is 35.5. The highest BCUT2D eigenvalue weighted by molar-refractivity contribution is 6.34. The van der Waals surface area contributed by atoms with E-state index in [0.717, 1.165) is 0 Å². The molecular formula is C10H14ClNO9. The monoisotopic (exact) mass is 327 g/mol. The summed E-state index contributed by atoms with van der Waals surface area (Å²) in [6, 6.07) is 0. The molecule has 1 rings (SSSR count). The molecule has 0 heterocycles. The second-order valence-electron chi connectivity index (χ2n) is 4.12. The van der Waals surface area contributed by atoms with Crippen molar-refractivity contribution >= 4 is 11.6 Å². The fraction of sp³-hybridized carbons (Fsp3) is 0.400. The van der Waals surface area contributed by atoms with Gasteiger partial charge in [0.1, 0.15) is 10.8 Å². The summed E-state index contributed by atoms with van der Waals surface area (Å²) in [7, 11) is 0. The van der Waals surface area contributed by atoms with Crippen LogP contribution in [0.1, 0.15) is 11.7 Å². The van der Waals surface area contributed by atoms with E-state index >= 15 is 0 Å². The molecule has 0 amide bonds. The molecule has 1 unspecified atom stereocenters. The van der Waals surface area contributed by atoms with Gasteiger partial charge in [0.15, 0.2) is 11.5 Å². The van der Waals surface area contributed by atoms with Crippen LogP contribution in [0.5, 0.6) is 23.0 Å². The van der Waals surface area contributed by atoms with Crippen LogP contribution in [0.15, 0.2) is 0 Å². The van der Waals surface area contributed by atoms with Crippen molar-refractivity contribution in [2.75, 3.05) is 6.54 Å². The minimum atomic E-state index is -3.17. The Morgan fingerprint density at radius 2 is 1.43 bits per heavy atom. The van der Waals surface area contributed by atoms with Gasteiger partial charge in [0.05, 0.1) is 11.7 Å². The van der Waals surface area contributed by atoms with E-state index in [0.29, 0.717) is 0 Å². The molecule has 0 spiro atoms. The molecule has 0 aromatic heterocycles. The molecule has 0 fully saturated rings. The van der Waals surface area contributed by atoms with E-state index in [4.69, 9.17) is 32.0 Å². The van der Waals surface area contributed by atoms with Crippen LogP contribution in [0.4, 0.5) is 0 Å². The van der Waals surface area contributed by atoms with Gasteiger partial charge in [0.25, 0.3) is 5.91 Å². The Labute approximate surface area is 122 Å². The third-order valence-corrected chi connectivity index (χ3v) is 2.98. The molecule has 0 bridgehead atoms. The first kappa shape index (κ1) is 17.5. The predicted molar refractivity (Wildman–Crippen MR) is 66.5 cm³/mol. The second kappa shape index (κ2) is 6.07. The van der Waals surface area contributed by atoms with Gasteiger partial charge < -0.3 is 46.0 Å². The Morgan fingerprint density at radius 3 is 1.90 bits per heavy atom. The van der Waals surface area contributed by atoms with Gasteiger partial charge in [-0.25, -0.2) is 0 Å². The van der Waals surface area contributed by atoms with E-state index in [9.17, 15) is 25.5 Å². The standard InChI is InChI=1S/C10H14ClNO9/c11-4-5(14)3(6(15)8(17)7(4)16)2(13)1-12-10(20,21)9(18)19/h2,9,12-21H,1H2. The molecule has 120 valence electrons. The molecule has 10 nitrogen and oxygen atoms in total. The Kier molecular flexibility index (Phi) is 5.07. The van der Waals surface area contributed by atoms with Gasteiger partial charge in [-0.15, -0.1) is 0 Å². The van der Waals surface area contributed by atoms with Crippen molar-refractivity contribution in [3.8, 4) is 23.0 Å². The number of halogens is 1. The molecule has 10 N–H and O–H groups in total. The van der Waals surface area contributed by atoms with E-state index in [2.05, 4.69) is 0 Å². The minimum absolute atomic E-state index is 0.717. The Morgan fingerprint density at radius 1 is 0.905 bits per heavy atom. The summed E-state index contributed by atoms with van der Waals surface area (Å²) in [4.78, 5) is 0. The number of aliphatic hydroxyl groups excluding tert-OH is 2. The number of phenolic OH excluding ortho intramolecular Hbond substituents is 4. The molecule has 21 heavy (non-hydrogen) atoms. The first-order valence-corrected chi connectivity index (χ1v) is 5.77. The van der Waals surface area contributed by atoms with Gasteiger partial charge in [-0.1, -0.05) is 11.6 Å². The smallest absolute Gasteiger partial charge is 0.276 e.